The first kappa shape index (κ1) is 21.1. The van der Waals surface area contributed by atoms with E-state index < -0.39 is 11.2 Å². The van der Waals surface area contributed by atoms with Crippen LogP contribution < -0.4 is 20.7 Å². The number of nitrogens with one attached hydrogen (secondary N) is 1. The number of nitrogens with zero attached hydrogens (tertiary/aromatic N) is 2. The van der Waals surface area contributed by atoms with E-state index in [1.807, 2.05) is 32.0 Å². The summed E-state index contributed by atoms with van der Waals surface area (Å²) in [7, 11) is 0. The first-order valence-corrected chi connectivity index (χ1v) is 10.3. The van der Waals surface area contributed by atoms with Crippen molar-refractivity contribution in [1.29, 1.82) is 0 Å². The Bertz CT molecular complexity index is 1400. The summed E-state index contributed by atoms with van der Waals surface area (Å²) in [6.07, 6.45) is 1.44. The lowest BCUT2D eigenvalue weighted by atomic mass is 10.1. The van der Waals surface area contributed by atoms with Crippen molar-refractivity contribution in [3.8, 4) is 11.5 Å². The number of hydrogen-bond acceptors (Lipinski definition) is 5. The van der Waals surface area contributed by atoms with Crippen molar-refractivity contribution in [2.45, 2.75) is 20.5 Å². The second-order valence-electron chi connectivity index (χ2n) is 7.25. The predicted octanol–water partition coefficient (Wildman–Crippen LogP) is 3.86. The van der Waals surface area contributed by atoms with Gasteiger partial charge in [-0.1, -0.05) is 42.0 Å². The summed E-state index contributed by atoms with van der Waals surface area (Å²) in [6, 6.07) is 20.3. The van der Waals surface area contributed by atoms with E-state index in [1.54, 1.807) is 42.5 Å². The molecule has 0 spiro atoms. The lowest BCUT2D eigenvalue weighted by molar-refractivity contribution is 0.269. The number of para-hydroxylation sites is 1. The third-order valence-corrected chi connectivity index (χ3v) is 4.85. The summed E-state index contributed by atoms with van der Waals surface area (Å²) < 4.78 is 12.5. The first-order chi connectivity index (χ1) is 15.5. The summed E-state index contributed by atoms with van der Waals surface area (Å²) in [6.45, 7) is 4.80. The number of aromatic nitrogens is 2. The Hall–Kier alpha value is -4.13. The number of ether oxygens (including phenoxy) is 2. The highest BCUT2D eigenvalue weighted by Gasteiger charge is 2.08. The van der Waals surface area contributed by atoms with Gasteiger partial charge in [0.1, 0.15) is 6.61 Å². The molecule has 0 saturated heterocycles. The second kappa shape index (κ2) is 9.34. The van der Waals surface area contributed by atoms with Crippen LogP contribution in [0.5, 0.6) is 11.5 Å². The van der Waals surface area contributed by atoms with E-state index in [4.69, 9.17) is 9.47 Å². The van der Waals surface area contributed by atoms with Crippen LogP contribution in [0.15, 0.2) is 81.4 Å². The van der Waals surface area contributed by atoms with Gasteiger partial charge in [0.05, 0.1) is 23.7 Å². The topological polar surface area (TPSA) is 85.7 Å². The van der Waals surface area contributed by atoms with Gasteiger partial charge < -0.3 is 14.5 Å². The van der Waals surface area contributed by atoms with E-state index in [2.05, 4.69) is 16.2 Å². The number of fused-ring (bicyclic) bond motifs is 1. The third-order valence-electron chi connectivity index (χ3n) is 4.85. The molecule has 1 N–H and O–H groups in total. The average Bonchev–Trinajstić information content (AvgIpc) is 2.78. The molecular formula is C25H23N3O4. The van der Waals surface area contributed by atoms with E-state index in [0.717, 1.165) is 10.2 Å². The molecule has 0 radical (unpaired) electrons. The lowest BCUT2D eigenvalue weighted by Gasteiger charge is -2.13. The maximum Gasteiger partial charge on any atom is 0.349 e. The van der Waals surface area contributed by atoms with Crippen LogP contribution in [0.25, 0.3) is 10.9 Å². The molecule has 0 amide bonds. The highest BCUT2D eigenvalue weighted by Crippen LogP contribution is 2.29. The van der Waals surface area contributed by atoms with E-state index >= 15 is 0 Å². The minimum Gasteiger partial charge on any atom is -0.490 e. The van der Waals surface area contributed by atoms with Crippen molar-refractivity contribution in [2.75, 3.05) is 6.61 Å². The fraction of sp³-hybridized carbons (Fsp3) is 0.160. The van der Waals surface area contributed by atoms with Crippen LogP contribution in [0.3, 0.4) is 0 Å². The van der Waals surface area contributed by atoms with Crippen LogP contribution in [0.2, 0.25) is 0 Å². The van der Waals surface area contributed by atoms with Crippen LogP contribution in [0.4, 0.5) is 0 Å². The summed E-state index contributed by atoms with van der Waals surface area (Å²) in [5.41, 5.74) is 2.28. The Morgan fingerprint density at radius 3 is 2.62 bits per heavy atom. The molecule has 4 rings (SSSR count). The molecule has 0 atom stereocenters. The number of hydrogen-bond donors (Lipinski definition) is 1. The Kier molecular flexibility index (Phi) is 6.17. The molecule has 0 aliphatic rings. The second-order valence-corrected chi connectivity index (χ2v) is 7.25. The first-order valence-electron chi connectivity index (χ1n) is 10.3. The van der Waals surface area contributed by atoms with Gasteiger partial charge in [-0.25, -0.2) is 4.79 Å². The molecule has 7 nitrogen and oxygen atoms in total. The van der Waals surface area contributed by atoms with Gasteiger partial charge in [-0.3, -0.25) is 4.79 Å². The number of benzene rings is 3. The SMILES string of the molecule is CCOc1cc(C=Nn2c(=O)[nH]c3ccccc3c2=O)ccc1OCc1cccc(C)c1. The van der Waals surface area contributed by atoms with E-state index in [9.17, 15) is 9.59 Å². The maximum atomic E-state index is 12.6. The van der Waals surface area contributed by atoms with E-state index in [-0.39, 0.29) is 0 Å². The van der Waals surface area contributed by atoms with Gasteiger partial charge in [-0.15, -0.1) is 4.68 Å². The largest absolute Gasteiger partial charge is 0.490 e. The molecular weight excluding hydrogens is 406 g/mol. The fourth-order valence-electron chi connectivity index (χ4n) is 3.34. The van der Waals surface area contributed by atoms with Gasteiger partial charge in [0.25, 0.3) is 5.56 Å². The minimum absolute atomic E-state index is 0.388. The van der Waals surface area contributed by atoms with Crippen LogP contribution >= 0.6 is 0 Å². The number of aromatic amines is 1. The molecule has 32 heavy (non-hydrogen) atoms. The fourth-order valence-corrected chi connectivity index (χ4v) is 3.34. The van der Waals surface area contributed by atoms with Crippen LogP contribution in [0, 0.1) is 6.92 Å². The Morgan fingerprint density at radius 1 is 0.969 bits per heavy atom. The molecule has 7 heteroatoms. The molecule has 0 fully saturated rings. The van der Waals surface area contributed by atoms with Gasteiger partial charge in [0, 0.05) is 0 Å². The number of aryl methyl sites for hydroxylation is 1. The number of rotatable bonds is 7. The molecule has 162 valence electrons. The van der Waals surface area contributed by atoms with Crippen molar-refractivity contribution >= 4 is 17.1 Å². The van der Waals surface area contributed by atoms with Gasteiger partial charge in [-0.05, 0) is 55.3 Å². The molecule has 0 unspecified atom stereocenters. The van der Waals surface area contributed by atoms with Gasteiger partial charge in [0.15, 0.2) is 11.5 Å². The summed E-state index contributed by atoms with van der Waals surface area (Å²) in [5, 5.41) is 4.49. The van der Waals surface area contributed by atoms with Crippen molar-refractivity contribution in [1.82, 2.24) is 9.66 Å². The third kappa shape index (κ3) is 4.62. The average molecular weight is 429 g/mol. The zero-order chi connectivity index (χ0) is 22.5. The van der Waals surface area contributed by atoms with Gasteiger partial charge in [-0.2, -0.15) is 5.10 Å². The van der Waals surface area contributed by atoms with Gasteiger partial charge in [0.2, 0.25) is 0 Å². The summed E-state index contributed by atoms with van der Waals surface area (Å²) in [5.74, 6) is 1.16. The highest BCUT2D eigenvalue weighted by atomic mass is 16.5. The van der Waals surface area contributed by atoms with Crippen molar-refractivity contribution in [3.05, 3.63) is 104 Å². The number of H-pyrrole nitrogens is 1. The Morgan fingerprint density at radius 2 is 1.81 bits per heavy atom. The molecule has 4 aromatic rings. The molecule has 0 aliphatic heterocycles. The molecule has 0 bridgehead atoms. The zero-order valence-corrected chi connectivity index (χ0v) is 17.9. The van der Waals surface area contributed by atoms with E-state index in [0.29, 0.717) is 41.2 Å². The van der Waals surface area contributed by atoms with Crippen molar-refractivity contribution in [2.24, 2.45) is 5.10 Å². The summed E-state index contributed by atoms with van der Waals surface area (Å²) in [4.78, 5) is 27.6. The highest BCUT2D eigenvalue weighted by molar-refractivity contribution is 5.81. The minimum atomic E-state index is -0.604. The quantitative estimate of drug-likeness (QED) is 0.452. The molecule has 1 aromatic heterocycles. The zero-order valence-electron chi connectivity index (χ0n) is 17.9. The molecule has 0 aliphatic carbocycles. The molecule has 1 heterocycles. The smallest absolute Gasteiger partial charge is 0.349 e. The van der Waals surface area contributed by atoms with Gasteiger partial charge >= 0.3 is 5.69 Å². The molecule has 0 saturated carbocycles. The van der Waals surface area contributed by atoms with Crippen LogP contribution in [-0.4, -0.2) is 22.5 Å². The summed E-state index contributed by atoms with van der Waals surface area (Å²) >= 11 is 0. The van der Waals surface area contributed by atoms with E-state index in [1.165, 1.54) is 11.8 Å². The van der Waals surface area contributed by atoms with Crippen molar-refractivity contribution in [3.63, 3.8) is 0 Å². The lowest BCUT2D eigenvalue weighted by Crippen LogP contribution is -2.32. The molecule has 3 aromatic carbocycles. The monoisotopic (exact) mass is 429 g/mol. The van der Waals surface area contributed by atoms with Crippen molar-refractivity contribution < 1.29 is 9.47 Å². The predicted molar refractivity (Wildman–Crippen MR) is 125 cm³/mol. The van der Waals surface area contributed by atoms with Crippen LogP contribution in [-0.2, 0) is 6.61 Å². The standard InChI is InChI=1S/C25H23N3O4/c1-3-31-23-14-18(11-12-22(23)32-16-19-8-6-7-17(2)13-19)15-26-28-24(29)20-9-4-5-10-21(20)27-25(28)30/h4-15H,3,16H2,1-2H3,(H,27,30). The Balaban J connectivity index is 1.60. The normalized spacial score (nSPS) is 11.2. The maximum absolute atomic E-state index is 12.6. The van der Waals surface area contributed by atoms with Crippen LogP contribution in [0.1, 0.15) is 23.6 Å². The Labute approximate surface area is 184 Å².